The van der Waals surface area contributed by atoms with Crippen molar-refractivity contribution in [3.05, 3.63) is 35.9 Å². The molecule has 0 aliphatic carbocycles. The molecular formula is C37H61N5O10. The topological polar surface area (TPSA) is 242 Å². The Hall–Kier alpha value is -3.92. The molecule has 0 aromatic heterocycles. The van der Waals surface area contributed by atoms with Crippen molar-refractivity contribution in [3.8, 4) is 0 Å². The van der Waals surface area contributed by atoms with E-state index in [1.54, 1.807) is 44.2 Å². The Morgan fingerprint density at radius 1 is 0.788 bits per heavy atom. The van der Waals surface area contributed by atoms with Crippen LogP contribution in [0.25, 0.3) is 0 Å². The zero-order chi connectivity index (χ0) is 38.9. The van der Waals surface area contributed by atoms with Crippen LogP contribution in [-0.2, 0) is 44.6 Å². The number of benzene rings is 1. The number of Topliss-reactive ketones (excluding diaryl/α,β-unsaturated/α-hetero) is 2. The highest BCUT2D eigenvalue weighted by Crippen LogP contribution is 2.17. The second-order valence-corrected chi connectivity index (χ2v) is 13.6. The van der Waals surface area contributed by atoms with Gasteiger partial charge in [-0.1, -0.05) is 58.0 Å². The van der Waals surface area contributed by atoms with Crippen molar-refractivity contribution in [1.29, 1.82) is 0 Å². The molecule has 8 N–H and O–H groups in total. The van der Waals surface area contributed by atoms with Crippen molar-refractivity contribution in [2.24, 2.45) is 40.1 Å². The number of aliphatic carboxylic acids is 1. The number of carbonyl (C=O) groups excluding carboxylic acids is 4. The molecule has 4 atom stereocenters. The van der Waals surface area contributed by atoms with Gasteiger partial charge in [0.15, 0.2) is 17.5 Å². The number of ketones is 2. The summed E-state index contributed by atoms with van der Waals surface area (Å²) in [7, 11) is 0. The fraction of sp³-hybridized carbons (Fsp3) is 0.676. The Balaban J connectivity index is 2.76. The van der Waals surface area contributed by atoms with Crippen LogP contribution >= 0.6 is 0 Å². The van der Waals surface area contributed by atoms with E-state index in [0.717, 1.165) is 12.8 Å². The smallest absolute Gasteiger partial charge is 0.326 e. The van der Waals surface area contributed by atoms with Crippen LogP contribution in [0.4, 0.5) is 0 Å². The first-order valence-electron chi connectivity index (χ1n) is 18.1. The number of rotatable bonds is 30. The third-order valence-corrected chi connectivity index (χ3v) is 8.17. The number of nitrogens with two attached hydrogens (primary N) is 2. The van der Waals surface area contributed by atoms with Crippen molar-refractivity contribution in [2.45, 2.75) is 84.7 Å². The molecule has 0 aliphatic rings. The lowest BCUT2D eigenvalue weighted by Crippen LogP contribution is -2.50. The largest absolute Gasteiger partial charge is 0.480 e. The molecule has 0 fully saturated rings. The lowest BCUT2D eigenvalue weighted by atomic mass is 9.90. The number of amides is 2. The van der Waals surface area contributed by atoms with Gasteiger partial charge in [-0.3, -0.25) is 24.2 Å². The Morgan fingerprint density at radius 2 is 1.40 bits per heavy atom. The fourth-order valence-corrected chi connectivity index (χ4v) is 5.26. The first-order chi connectivity index (χ1) is 24.7. The molecule has 0 aliphatic heterocycles. The minimum absolute atomic E-state index is 0.00893. The Labute approximate surface area is 307 Å². The average Bonchev–Trinajstić information content (AvgIpc) is 3.09. The van der Waals surface area contributed by atoms with Crippen LogP contribution in [0.15, 0.2) is 35.3 Å². The monoisotopic (exact) mass is 735 g/mol. The van der Waals surface area contributed by atoms with Crippen molar-refractivity contribution < 1.29 is 48.4 Å². The van der Waals surface area contributed by atoms with E-state index in [1.807, 2.05) is 0 Å². The number of guanidine groups is 1. The molecule has 0 saturated heterocycles. The van der Waals surface area contributed by atoms with E-state index in [4.69, 9.17) is 25.7 Å². The molecule has 52 heavy (non-hydrogen) atoms. The molecule has 0 radical (unpaired) electrons. The number of carbonyl (C=O) groups is 5. The van der Waals surface area contributed by atoms with Crippen LogP contribution in [0.1, 0.15) is 71.8 Å². The summed E-state index contributed by atoms with van der Waals surface area (Å²) in [5.74, 6) is -5.39. The maximum atomic E-state index is 13.5. The highest BCUT2D eigenvalue weighted by molar-refractivity contribution is 5.95. The lowest BCUT2D eigenvalue weighted by Gasteiger charge is -2.26. The van der Waals surface area contributed by atoms with Gasteiger partial charge in [0.05, 0.1) is 45.0 Å². The summed E-state index contributed by atoms with van der Waals surface area (Å²) in [5, 5.41) is 24.8. The van der Waals surface area contributed by atoms with Crippen molar-refractivity contribution in [1.82, 2.24) is 10.6 Å². The number of carboxylic acids is 1. The average molecular weight is 736 g/mol. The normalized spacial score (nSPS) is 13.6. The van der Waals surface area contributed by atoms with Gasteiger partial charge in [-0.15, -0.1) is 0 Å². The number of aliphatic hydroxyl groups excluding tert-OH is 1. The second kappa shape index (κ2) is 26.8. The maximum Gasteiger partial charge on any atom is 0.326 e. The molecule has 15 nitrogen and oxygen atoms in total. The predicted octanol–water partition coefficient (Wildman–Crippen LogP) is 1.62. The minimum Gasteiger partial charge on any atom is -0.480 e. The number of hydrogen-bond donors (Lipinski definition) is 6. The van der Waals surface area contributed by atoms with Gasteiger partial charge in [0, 0.05) is 38.3 Å². The Kier molecular flexibility index (Phi) is 23.8. The highest BCUT2D eigenvalue weighted by atomic mass is 16.5. The number of aliphatic imine (C=N–C) groups is 1. The van der Waals surface area contributed by atoms with Gasteiger partial charge in [-0.05, 0) is 43.1 Å². The van der Waals surface area contributed by atoms with E-state index >= 15 is 0 Å². The van der Waals surface area contributed by atoms with Gasteiger partial charge in [0.25, 0.3) is 0 Å². The lowest BCUT2D eigenvalue weighted by molar-refractivity contribution is -0.143. The number of nitrogens with zero attached hydrogens (tertiary/aromatic N) is 1. The van der Waals surface area contributed by atoms with Gasteiger partial charge in [-0.25, -0.2) is 4.79 Å². The van der Waals surface area contributed by atoms with Crippen LogP contribution in [0.2, 0.25) is 0 Å². The molecule has 0 spiro atoms. The maximum absolute atomic E-state index is 13.5. The molecule has 0 saturated carbocycles. The van der Waals surface area contributed by atoms with Crippen LogP contribution in [0.5, 0.6) is 0 Å². The van der Waals surface area contributed by atoms with Crippen LogP contribution < -0.4 is 22.1 Å². The van der Waals surface area contributed by atoms with E-state index in [0.29, 0.717) is 37.7 Å². The highest BCUT2D eigenvalue weighted by Gasteiger charge is 2.33. The third-order valence-electron chi connectivity index (χ3n) is 8.17. The van der Waals surface area contributed by atoms with E-state index < -0.39 is 66.4 Å². The SMILES string of the molecule is CC(C)CCCOCCOCCOCC(=O)C[C@@H](CCCN=C(N)N)C(=O)N[C@H](C(=O)C[C@@H](CO)C(=O)N[C@@H](Cc1ccccc1)C(=O)O)C(C)C. The van der Waals surface area contributed by atoms with Crippen LogP contribution in [-0.4, -0.2) is 110 Å². The predicted molar refractivity (Wildman–Crippen MR) is 196 cm³/mol. The summed E-state index contributed by atoms with van der Waals surface area (Å²) < 4.78 is 16.5. The van der Waals surface area contributed by atoms with E-state index in [1.165, 1.54) is 0 Å². The van der Waals surface area contributed by atoms with Gasteiger partial charge < -0.3 is 46.5 Å². The van der Waals surface area contributed by atoms with Crippen LogP contribution in [0, 0.1) is 23.7 Å². The minimum atomic E-state index is -1.28. The van der Waals surface area contributed by atoms with Crippen molar-refractivity contribution in [2.75, 3.05) is 52.8 Å². The van der Waals surface area contributed by atoms with Crippen molar-refractivity contribution in [3.63, 3.8) is 0 Å². The molecule has 0 unspecified atom stereocenters. The summed E-state index contributed by atoms with van der Waals surface area (Å²) in [6.45, 7) is 9.08. The molecule has 2 amide bonds. The summed E-state index contributed by atoms with van der Waals surface area (Å²) in [6.07, 6.45) is 2.15. The van der Waals surface area contributed by atoms with Crippen LogP contribution in [0.3, 0.4) is 0 Å². The zero-order valence-electron chi connectivity index (χ0n) is 31.2. The molecule has 0 heterocycles. The number of nitrogens with one attached hydrogen (secondary N) is 2. The van der Waals surface area contributed by atoms with E-state index in [-0.39, 0.29) is 57.4 Å². The van der Waals surface area contributed by atoms with Gasteiger partial charge in [0.2, 0.25) is 11.8 Å². The van der Waals surface area contributed by atoms with Crippen molar-refractivity contribution >= 4 is 35.3 Å². The molecular weight excluding hydrogens is 674 g/mol. The number of hydrogen-bond acceptors (Lipinski definition) is 10. The zero-order valence-corrected chi connectivity index (χ0v) is 31.2. The van der Waals surface area contributed by atoms with Gasteiger partial charge >= 0.3 is 5.97 Å². The summed E-state index contributed by atoms with van der Waals surface area (Å²) in [5.41, 5.74) is 11.5. The third kappa shape index (κ3) is 20.8. The summed E-state index contributed by atoms with van der Waals surface area (Å²) in [4.78, 5) is 68.6. The van der Waals surface area contributed by atoms with E-state index in [9.17, 15) is 34.2 Å². The molecule has 1 aromatic rings. The number of carboxylic acid groups (broad SMARTS) is 1. The number of ether oxygens (including phenoxy) is 3. The fourth-order valence-electron chi connectivity index (χ4n) is 5.26. The molecule has 15 heteroatoms. The Morgan fingerprint density at radius 3 is 1.98 bits per heavy atom. The number of aliphatic hydroxyl groups is 1. The van der Waals surface area contributed by atoms with Gasteiger partial charge in [0.1, 0.15) is 12.6 Å². The van der Waals surface area contributed by atoms with E-state index in [2.05, 4.69) is 29.5 Å². The standard InChI is InChI=1S/C37H61N5O10/c1-25(2)10-9-15-50-16-17-51-18-19-52-24-30(44)21-28(13-8-14-40-37(38)39)34(46)42-33(26(3)4)32(45)22-29(23-43)35(47)41-31(36(48)49)20-27-11-6-5-7-12-27/h5-7,11-12,25-26,28-29,31,33,43H,8-10,13-24H2,1-4H3,(H,41,47)(H,42,46)(H,48,49)(H4,38,39,40)/t28-,29+,31+,33+/m1/s1. The summed E-state index contributed by atoms with van der Waals surface area (Å²) in [6, 6.07) is 6.40. The summed E-state index contributed by atoms with van der Waals surface area (Å²) >= 11 is 0. The molecule has 1 rings (SSSR count). The second-order valence-electron chi connectivity index (χ2n) is 13.6. The first kappa shape index (κ1) is 46.1. The molecule has 1 aromatic carbocycles. The first-order valence-corrected chi connectivity index (χ1v) is 18.1. The molecule has 0 bridgehead atoms. The molecule has 294 valence electrons. The van der Waals surface area contributed by atoms with Gasteiger partial charge in [-0.2, -0.15) is 0 Å². The quantitative estimate of drug-likeness (QED) is 0.0375. The Bertz CT molecular complexity index is 1240.